The molecular weight excluding hydrogens is 274 g/mol. The van der Waals surface area contributed by atoms with Crippen LogP contribution in [0.5, 0.6) is 5.75 Å². The monoisotopic (exact) mass is 294 g/mol. The molecule has 6 nitrogen and oxygen atoms in total. The fourth-order valence-electron chi connectivity index (χ4n) is 1.81. The number of carboxylic acids is 1. The second-order valence-electron chi connectivity index (χ2n) is 5.52. The van der Waals surface area contributed by atoms with Crippen LogP contribution in [0, 0.1) is 0 Å². The van der Waals surface area contributed by atoms with Gasteiger partial charge in [0.25, 0.3) is 0 Å². The van der Waals surface area contributed by atoms with Gasteiger partial charge in [0, 0.05) is 18.0 Å². The summed E-state index contributed by atoms with van der Waals surface area (Å²) in [6.45, 7) is 5.18. The van der Waals surface area contributed by atoms with Gasteiger partial charge in [-0.05, 0) is 26.8 Å². The molecule has 0 radical (unpaired) electrons. The average Bonchev–Trinajstić information content (AvgIpc) is 2.35. The van der Waals surface area contributed by atoms with E-state index in [2.05, 4.69) is 5.32 Å². The highest BCUT2D eigenvalue weighted by atomic mass is 16.6. The lowest BCUT2D eigenvalue weighted by atomic mass is 10.0. The first-order valence-electron chi connectivity index (χ1n) is 6.55. The number of carbonyl (C=O) groups is 2. The number of ether oxygens (including phenoxy) is 2. The normalized spacial score (nSPS) is 12.4. The van der Waals surface area contributed by atoms with Gasteiger partial charge in [-0.25, -0.2) is 4.79 Å². The number of hydrogen-bond acceptors (Lipinski definition) is 5. The van der Waals surface area contributed by atoms with E-state index in [9.17, 15) is 14.7 Å². The van der Waals surface area contributed by atoms with Gasteiger partial charge in [0.2, 0.25) is 0 Å². The molecule has 0 bridgehead atoms. The van der Waals surface area contributed by atoms with Gasteiger partial charge >= 0.3 is 6.09 Å². The van der Waals surface area contributed by atoms with Crippen LogP contribution in [0.1, 0.15) is 38.8 Å². The number of amides is 1. The number of benzene rings is 1. The van der Waals surface area contributed by atoms with E-state index in [0.29, 0.717) is 11.3 Å². The number of nitrogens with one attached hydrogen (secondary N) is 1. The largest absolute Gasteiger partial charge is 0.550 e. The maximum absolute atomic E-state index is 11.8. The maximum Gasteiger partial charge on any atom is 0.408 e. The number of aliphatic carboxylic acids is 1. The summed E-state index contributed by atoms with van der Waals surface area (Å²) < 4.78 is 10.3. The second-order valence-corrected chi connectivity index (χ2v) is 5.52. The molecule has 0 spiro atoms. The minimum absolute atomic E-state index is 0.375. The summed E-state index contributed by atoms with van der Waals surface area (Å²) in [6.07, 6.45) is -1.07. The third-order valence-corrected chi connectivity index (χ3v) is 2.58. The highest BCUT2D eigenvalue weighted by molar-refractivity contribution is 5.71. The van der Waals surface area contributed by atoms with Crippen molar-refractivity contribution < 1.29 is 24.2 Å². The number of methoxy groups -OCH3 is 1. The van der Waals surface area contributed by atoms with E-state index >= 15 is 0 Å². The predicted molar refractivity (Wildman–Crippen MR) is 74.7 cm³/mol. The first-order valence-corrected chi connectivity index (χ1v) is 6.55. The Hall–Kier alpha value is -2.24. The van der Waals surface area contributed by atoms with Gasteiger partial charge in [0.05, 0.1) is 13.2 Å². The first-order chi connectivity index (χ1) is 9.73. The van der Waals surface area contributed by atoms with Crippen molar-refractivity contribution in [2.45, 2.75) is 38.8 Å². The van der Waals surface area contributed by atoms with Crippen molar-refractivity contribution in [3.63, 3.8) is 0 Å². The first kappa shape index (κ1) is 16.8. The molecule has 21 heavy (non-hydrogen) atoms. The predicted octanol–water partition coefficient (Wildman–Crippen LogP) is 1.40. The summed E-state index contributed by atoms with van der Waals surface area (Å²) in [5.41, 5.74) is -0.119. The van der Waals surface area contributed by atoms with E-state index in [1.54, 1.807) is 45.0 Å². The Bertz CT molecular complexity index is 507. The fraction of sp³-hybridized carbons (Fsp3) is 0.467. The lowest BCUT2D eigenvalue weighted by Crippen LogP contribution is -2.37. The minimum atomic E-state index is -1.28. The van der Waals surface area contributed by atoms with Gasteiger partial charge < -0.3 is 24.7 Å². The van der Waals surface area contributed by atoms with Crippen LogP contribution in [0.4, 0.5) is 4.79 Å². The molecule has 0 saturated heterocycles. The lowest BCUT2D eigenvalue weighted by Gasteiger charge is -2.25. The molecule has 1 aromatic carbocycles. The third kappa shape index (κ3) is 5.72. The zero-order valence-corrected chi connectivity index (χ0v) is 12.6. The van der Waals surface area contributed by atoms with Gasteiger partial charge in [-0.3, -0.25) is 0 Å². The molecule has 0 unspecified atom stereocenters. The number of carbonyl (C=O) groups excluding carboxylic acids is 2. The van der Waals surface area contributed by atoms with E-state index < -0.39 is 23.7 Å². The molecular formula is C15H20NO5-. The molecule has 1 amide bonds. The van der Waals surface area contributed by atoms with E-state index in [-0.39, 0.29) is 6.42 Å². The Labute approximate surface area is 124 Å². The van der Waals surface area contributed by atoms with Gasteiger partial charge in [-0.2, -0.15) is 0 Å². The number of rotatable bonds is 5. The smallest absolute Gasteiger partial charge is 0.408 e. The quantitative estimate of drug-likeness (QED) is 0.887. The van der Waals surface area contributed by atoms with Crippen molar-refractivity contribution in [3.8, 4) is 5.75 Å². The lowest BCUT2D eigenvalue weighted by molar-refractivity contribution is -0.306. The van der Waals surface area contributed by atoms with Crippen molar-refractivity contribution in [1.82, 2.24) is 5.32 Å². The molecule has 1 rings (SSSR count). The van der Waals surface area contributed by atoms with Crippen molar-refractivity contribution in [2.75, 3.05) is 7.11 Å². The van der Waals surface area contributed by atoms with Crippen LogP contribution in [0.15, 0.2) is 24.3 Å². The molecule has 0 aliphatic heterocycles. The van der Waals surface area contributed by atoms with Crippen LogP contribution < -0.4 is 15.2 Å². The molecule has 0 aromatic heterocycles. The molecule has 1 atom stereocenters. The average molecular weight is 294 g/mol. The number of carboxylic acid groups (broad SMARTS) is 1. The zero-order valence-electron chi connectivity index (χ0n) is 12.6. The van der Waals surface area contributed by atoms with Crippen LogP contribution in [0.25, 0.3) is 0 Å². The zero-order chi connectivity index (χ0) is 16.0. The van der Waals surface area contributed by atoms with E-state index in [4.69, 9.17) is 9.47 Å². The molecule has 1 N–H and O–H groups in total. The number of para-hydroxylation sites is 1. The Balaban J connectivity index is 2.95. The number of alkyl carbamates (subject to hydrolysis) is 1. The highest BCUT2D eigenvalue weighted by Gasteiger charge is 2.22. The summed E-state index contributed by atoms with van der Waals surface area (Å²) in [5, 5.41) is 13.4. The molecule has 0 aliphatic rings. The van der Waals surface area contributed by atoms with Gasteiger partial charge in [0.1, 0.15) is 11.4 Å². The molecule has 0 saturated carbocycles. The van der Waals surface area contributed by atoms with Crippen molar-refractivity contribution in [1.29, 1.82) is 0 Å². The topological polar surface area (TPSA) is 87.7 Å². The third-order valence-electron chi connectivity index (χ3n) is 2.58. The van der Waals surface area contributed by atoms with E-state index in [1.165, 1.54) is 7.11 Å². The molecule has 0 fully saturated rings. The fourth-order valence-corrected chi connectivity index (χ4v) is 1.81. The van der Waals surface area contributed by atoms with Crippen molar-refractivity contribution in [2.24, 2.45) is 0 Å². The minimum Gasteiger partial charge on any atom is -0.550 e. The summed E-state index contributed by atoms with van der Waals surface area (Å²) in [7, 11) is 1.47. The Kier molecular flexibility index (Phi) is 5.58. The molecule has 0 aliphatic carbocycles. The van der Waals surface area contributed by atoms with Gasteiger partial charge in [-0.1, -0.05) is 18.2 Å². The van der Waals surface area contributed by atoms with Crippen LogP contribution >= 0.6 is 0 Å². The summed E-state index contributed by atoms with van der Waals surface area (Å²) >= 11 is 0. The summed E-state index contributed by atoms with van der Waals surface area (Å²) in [5.74, 6) is -0.790. The Morgan fingerprint density at radius 2 is 1.90 bits per heavy atom. The van der Waals surface area contributed by atoms with E-state index in [1.807, 2.05) is 0 Å². The highest BCUT2D eigenvalue weighted by Crippen LogP contribution is 2.27. The van der Waals surface area contributed by atoms with Crippen LogP contribution in [-0.2, 0) is 9.53 Å². The van der Waals surface area contributed by atoms with Crippen molar-refractivity contribution >= 4 is 12.1 Å². The summed E-state index contributed by atoms with van der Waals surface area (Å²) in [6, 6.07) is 6.07. The molecule has 116 valence electrons. The SMILES string of the molecule is COc1ccccc1[C@@H](CC(=O)[O-])NC(=O)OC(C)(C)C. The molecule has 6 heteroatoms. The Morgan fingerprint density at radius 3 is 2.43 bits per heavy atom. The second kappa shape index (κ2) is 6.97. The molecule has 1 aromatic rings. The number of hydrogen-bond donors (Lipinski definition) is 1. The van der Waals surface area contributed by atoms with Gasteiger partial charge in [0.15, 0.2) is 0 Å². The van der Waals surface area contributed by atoms with Crippen LogP contribution in [0.3, 0.4) is 0 Å². The van der Waals surface area contributed by atoms with Gasteiger partial charge in [-0.15, -0.1) is 0 Å². The molecule has 0 heterocycles. The van der Waals surface area contributed by atoms with Crippen LogP contribution in [0.2, 0.25) is 0 Å². The summed E-state index contributed by atoms with van der Waals surface area (Å²) in [4.78, 5) is 22.7. The van der Waals surface area contributed by atoms with Crippen LogP contribution in [-0.4, -0.2) is 24.8 Å². The maximum atomic E-state index is 11.8. The van der Waals surface area contributed by atoms with Crippen molar-refractivity contribution in [3.05, 3.63) is 29.8 Å². The van der Waals surface area contributed by atoms with E-state index in [0.717, 1.165) is 0 Å². The Morgan fingerprint density at radius 1 is 1.29 bits per heavy atom. The standard InChI is InChI=1S/C15H21NO5/c1-15(2,3)21-14(19)16-11(9-13(17)18)10-7-5-6-8-12(10)20-4/h5-8,11H,9H2,1-4H3,(H,16,19)(H,17,18)/p-1/t11-/m1/s1.